The van der Waals surface area contributed by atoms with Crippen LogP contribution in [0.25, 0.3) is 5.57 Å². The van der Waals surface area contributed by atoms with Crippen LogP contribution in [-0.2, 0) is 4.79 Å². The van der Waals surface area contributed by atoms with E-state index in [1.165, 1.54) is 34.9 Å². The zero-order valence-corrected chi connectivity index (χ0v) is 14.3. The van der Waals surface area contributed by atoms with Crippen LogP contribution in [-0.4, -0.2) is 24.7 Å². The van der Waals surface area contributed by atoms with Gasteiger partial charge in [0.25, 0.3) is 0 Å². The molecule has 0 radical (unpaired) electrons. The van der Waals surface area contributed by atoms with Crippen LogP contribution in [0.3, 0.4) is 0 Å². The first-order valence-corrected chi connectivity index (χ1v) is 8.00. The van der Waals surface area contributed by atoms with E-state index >= 15 is 0 Å². The Hall–Kier alpha value is -2.29. The van der Waals surface area contributed by atoms with Gasteiger partial charge in [0.15, 0.2) is 0 Å². The summed E-state index contributed by atoms with van der Waals surface area (Å²) in [7, 11) is 2.15. The molecule has 1 N–H and O–H groups in total. The summed E-state index contributed by atoms with van der Waals surface area (Å²) in [6, 6.07) is 6.65. The van der Waals surface area contributed by atoms with E-state index < -0.39 is 5.97 Å². The average molecular weight is 311 g/mol. The maximum atomic E-state index is 10.6. The van der Waals surface area contributed by atoms with E-state index in [2.05, 4.69) is 44.0 Å². The molecule has 1 unspecified atom stereocenters. The molecule has 1 heterocycles. The van der Waals surface area contributed by atoms with Crippen molar-refractivity contribution in [3.63, 3.8) is 0 Å². The highest BCUT2D eigenvalue weighted by Crippen LogP contribution is 2.35. The Labute approximate surface area is 138 Å². The minimum Gasteiger partial charge on any atom is -0.478 e. The van der Waals surface area contributed by atoms with Crippen molar-refractivity contribution in [2.45, 2.75) is 33.1 Å². The SMILES string of the molecule is CC(/C=C/C=C(\C)c1ccc2c(c1)C(C)CCN2C)=C\C(=O)O. The number of allylic oxidation sites excluding steroid dienone is 5. The third kappa shape index (κ3) is 4.35. The number of hydrogen-bond donors (Lipinski definition) is 1. The molecule has 0 aromatic heterocycles. The molecule has 23 heavy (non-hydrogen) atoms. The first-order valence-electron chi connectivity index (χ1n) is 8.00. The largest absolute Gasteiger partial charge is 0.478 e. The molecule has 1 aliphatic rings. The van der Waals surface area contributed by atoms with Crippen LogP contribution in [0.15, 0.2) is 48.1 Å². The summed E-state index contributed by atoms with van der Waals surface area (Å²) < 4.78 is 0. The highest BCUT2D eigenvalue weighted by Gasteiger charge is 2.20. The lowest BCUT2D eigenvalue weighted by atomic mass is 9.89. The number of benzene rings is 1. The summed E-state index contributed by atoms with van der Waals surface area (Å²) in [6.07, 6.45) is 8.13. The fraction of sp³-hybridized carbons (Fsp3) is 0.350. The minimum atomic E-state index is -0.916. The Bertz CT molecular complexity index is 683. The minimum absolute atomic E-state index is 0.588. The van der Waals surface area contributed by atoms with Gasteiger partial charge >= 0.3 is 5.97 Å². The standard InChI is InChI=1S/C20H25NO2/c1-14(12-20(22)23)6-5-7-15(2)17-8-9-19-18(13-17)16(3)10-11-21(19)4/h5-9,12-13,16H,10-11H2,1-4H3,(H,22,23)/b6-5+,14-12+,15-7+. The molecular weight excluding hydrogens is 286 g/mol. The van der Waals surface area contributed by atoms with Gasteiger partial charge in [-0.25, -0.2) is 4.79 Å². The molecule has 0 saturated carbocycles. The summed E-state index contributed by atoms with van der Waals surface area (Å²) in [5, 5.41) is 8.70. The molecule has 1 atom stereocenters. The number of anilines is 1. The van der Waals surface area contributed by atoms with Gasteiger partial charge < -0.3 is 10.0 Å². The van der Waals surface area contributed by atoms with Gasteiger partial charge in [-0.3, -0.25) is 0 Å². The van der Waals surface area contributed by atoms with E-state index in [4.69, 9.17) is 5.11 Å². The lowest BCUT2D eigenvalue weighted by Crippen LogP contribution is -2.26. The van der Waals surface area contributed by atoms with Crippen LogP contribution in [0.2, 0.25) is 0 Å². The molecule has 1 aromatic rings. The number of carbonyl (C=O) groups is 1. The topological polar surface area (TPSA) is 40.5 Å². The molecule has 1 aromatic carbocycles. The highest BCUT2D eigenvalue weighted by molar-refractivity contribution is 5.81. The number of hydrogen-bond acceptors (Lipinski definition) is 2. The Morgan fingerprint density at radius 1 is 1.35 bits per heavy atom. The van der Waals surface area contributed by atoms with Crippen LogP contribution in [0.1, 0.15) is 44.2 Å². The average Bonchev–Trinajstić information content (AvgIpc) is 2.50. The molecule has 0 fully saturated rings. The summed E-state index contributed by atoms with van der Waals surface area (Å²) in [4.78, 5) is 12.9. The van der Waals surface area contributed by atoms with Crippen molar-refractivity contribution >= 4 is 17.2 Å². The number of aliphatic carboxylic acids is 1. The van der Waals surface area contributed by atoms with E-state index in [-0.39, 0.29) is 0 Å². The predicted octanol–water partition coefficient (Wildman–Crippen LogP) is 4.62. The van der Waals surface area contributed by atoms with Crippen molar-refractivity contribution < 1.29 is 9.90 Å². The highest BCUT2D eigenvalue weighted by atomic mass is 16.4. The predicted molar refractivity (Wildman–Crippen MR) is 96.9 cm³/mol. The maximum Gasteiger partial charge on any atom is 0.328 e. The third-order valence-electron chi connectivity index (χ3n) is 4.38. The van der Waals surface area contributed by atoms with Crippen molar-refractivity contribution in [1.82, 2.24) is 0 Å². The summed E-state index contributed by atoms with van der Waals surface area (Å²) in [5.74, 6) is -0.328. The summed E-state index contributed by atoms with van der Waals surface area (Å²) in [6.45, 7) is 7.26. The lowest BCUT2D eigenvalue weighted by molar-refractivity contribution is -0.131. The Kier molecular flexibility index (Phi) is 5.43. The van der Waals surface area contributed by atoms with Crippen LogP contribution in [0.5, 0.6) is 0 Å². The van der Waals surface area contributed by atoms with Gasteiger partial charge in [0, 0.05) is 25.4 Å². The molecule has 0 aliphatic carbocycles. The second-order valence-corrected chi connectivity index (χ2v) is 6.32. The number of carboxylic acids is 1. The fourth-order valence-electron chi connectivity index (χ4n) is 2.89. The van der Waals surface area contributed by atoms with Crippen LogP contribution in [0.4, 0.5) is 5.69 Å². The molecule has 0 saturated heterocycles. The monoisotopic (exact) mass is 311 g/mol. The van der Waals surface area contributed by atoms with Crippen LogP contribution < -0.4 is 4.90 Å². The zero-order valence-electron chi connectivity index (χ0n) is 14.3. The Balaban J connectivity index is 2.22. The number of nitrogens with zero attached hydrogens (tertiary/aromatic N) is 1. The number of fused-ring (bicyclic) bond motifs is 1. The molecule has 122 valence electrons. The normalized spacial score (nSPS) is 19.1. The van der Waals surface area contributed by atoms with Crippen molar-refractivity contribution in [2.24, 2.45) is 0 Å². The zero-order chi connectivity index (χ0) is 17.0. The Morgan fingerprint density at radius 3 is 2.78 bits per heavy atom. The van der Waals surface area contributed by atoms with Gasteiger partial charge in [0.1, 0.15) is 0 Å². The van der Waals surface area contributed by atoms with E-state index in [0.717, 1.165) is 12.1 Å². The molecule has 0 amide bonds. The molecule has 0 bridgehead atoms. The summed E-state index contributed by atoms with van der Waals surface area (Å²) in [5.41, 5.74) is 5.86. The van der Waals surface area contributed by atoms with Crippen LogP contribution >= 0.6 is 0 Å². The quantitative estimate of drug-likeness (QED) is 0.651. The lowest BCUT2D eigenvalue weighted by Gasteiger charge is -2.32. The second-order valence-electron chi connectivity index (χ2n) is 6.32. The first kappa shape index (κ1) is 17.1. The van der Waals surface area contributed by atoms with E-state index in [9.17, 15) is 4.79 Å². The van der Waals surface area contributed by atoms with Crippen molar-refractivity contribution in [3.05, 3.63) is 59.2 Å². The summed E-state index contributed by atoms with van der Waals surface area (Å²) >= 11 is 0. The van der Waals surface area contributed by atoms with Crippen molar-refractivity contribution in [2.75, 3.05) is 18.5 Å². The van der Waals surface area contributed by atoms with E-state index in [1.54, 1.807) is 6.92 Å². The molecule has 0 spiro atoms. The number of carboxylic acid groups (broad SMARTS) is 1. The van der Waals surface area contributed by atoms with Gasteiger partial charge in [-0.15, -0.1) is 0 Å². The molecule has 3 heteroatoms. The molecule has 1 aliphatic heterocycles. The Morgan fingerprint density at radius 2 is 2.09 bits per heavy atom. The van der Waals surface area contributed by atoms with E-state index in [0.29, 0.717) is 5.92 Å². The van der Waals surface area contributed by atoms with Gasteiger partial charge in [-0.2, -0.15) is 0 Å². The van der Waals surface area contributed by atoms with Crippen molar-refractivity contribution in [1.29, 1.82) is 0 Å². The van der Waals surface area contributed by atoms with Gasteiger partial charge in [0.2, 0.25) is 0 Å². The molecule has 3 nitrogen and oxygen atoms in total. The molecule has 2 rings (SSSR count). The smallest absolute Gasteiger partial charge is 0.328 e. The third-order valence-corrected chi connectivity index (χ3v) is 4.38. The molecular formula is C20H25NO2. The maximum absolute atomic E-state index is 10.6. The van der Waals surface area contributed by atoms with Gasteiger partial charge in [-0.1, -0.05) is 31.2 Å². The first-order chi connectivity index (χ1) is 10.9. The van der Waals surface area contributed by atoms with Crippen molar-refractivity contribution in [3.8, 4) is 0 Å². The fourth-order valence-corrected chi connectivity index (χ4v) is 2.89. The number of rotatable bonds is 4. The van der Waals surface area contributed by atoms with Gasteiger partial charge in [0.05, 0.1) is 0 Å². The van der Waals surface area contributed by atoms with E-state index in [1.807, 2.05) is 18.2 Å². The van der Waals surface area contributed by atoms with Gasteiger partial charge in [-0.05, 0) is 60.6 Å². The van der Waals surface area contributed by atoms with Crippen LogP contribution in [0, 0.1) is 0 Å². The second kappa shape index (κ2) is 7.32.